The highest BCUT2D eigenvalue weighted by atomic mass is 35.5. The fraction of sp³-hybridized carbons (Fsp3) is 0.154. The van der Waals surface area contributed by atoms with Crippen molar-refractivity contribution in [1.29, 1.82) is 5.41 Å². The molecule has 180 valence electrons. The van der Waals surface area contributed by atoms with Crippen molar-refractivity contribution in [2.24, 2.45) is 5.73 Å². The van der Waals surface area contributed by atoms with Gasteiger partial charge in [0.1, 0.15) is 11.7 Å². The Hall–Kier alpha value is -2.51. The number of amidine groups is 1. The molecular weight excluding hydrogens is 526 g/mol. The third-order valence-corrected chi connectivity index (χ3v) is 7.86. The Morgan fingerprint density at radius 1 is 1.00 bits per heavy atom. The molecule has 0 radical (unpaired) electrons. The number of nitrogens with one attached hydrogen (secondary N) is 1. The van der Waals surface area contributed by atoms with Crippen LogP contribution in [0.25, 0.3) is 5.69 Å². The van der Waals surface area contributed by atoms with E-state index >= 15 is 0 Å². The van der Waals surface area contributed by atoms with Crippen molar-refractivity contribution in [2.45, 2.75) is 30.2 Å². The van der Waals surface area contributed by atoms with Gasteiger partial charge in [0.05, 0.1) is 27.0 Å². The van der Waals surface area contributed by atoms with Gasteiger partial charge in [-0.05, 0) is 59.7 Å². The van der Waals surface area contributed by atoms with E-state index in [9.17, 15) is 4.39 Å². The third kappa shape index (κ3) is 5.36. The van der Waals surface area contributed by atoms with Gasteiger partial charge in [-0.3, -0.25) is 9.98 Å². The molecule has 4 aromatic rings. The van der Waals surface area contributed by atoms with Crippen LogP contribution in [-0.2, 0) is 11.2 Å². The van der Waals surface area contributed by atoms with E-state index in [1.165, 1.54) is 23.9 Å². The molecule has 0 saturated carbocycles. The molecule has 0 spiro atoms. The largest absolute Gasteiger partial charge is 0.384 e. The summed E-state index contributed by atoms with van der Waals surface area (Å²) < 4.78 is 15.7. The van der Waals surface area contributed by atoms with Gasteiger partial charge >= 0.3 is 0 Å². The second kappa shape index (κ2) is 10.2. The van der Waals surface area contributed by atoms with Gasteiger partial charge in [-0.1, -0.05) is 72.5 Å². The maximum atomic E-state index is 13.7. The molecule has 0 amide bonds. The molecule has 0 fully saturated rings. The number of nitrogens with two attached hydrogens (primary N) is 1. The molecule has 0 atom stereocenters. The lowest BCUT2D eigenvalue weighted by molar-refractivity contribution is 0.591. The summed E-state index contributed by atoms with van der Waals surface area (Å²) in [6.45, 7) is 4.16. The minimum Gasteiger partial charge on any atom is -0.384 e. The zero-order valence-electron chi connectivity index (χ0n) is 18.9. The summed E-state index contributed by atoms with van der Waals surface area (Å²) in [7, 11) is 0. The lowest BCUT2D eigenvalue weighted by Gasteiger charge is -2.28. The fourth-order valence-corrected chi connectivity index (χ4v) is 5.30. The van der Waals surface area contributed by atoms with Gasteiger partial charge in [-0.25, -0.2) is 9.37 Å². The predicted octanol–water partition coefficient (Wildman–Crippen LogP) is 7.87. The van der Waals surface area contributed by atoms with Crippen molar-refractivity contribution in [1.82, 2.24) is 9.55 Å². The fourth-order valence-electron chi connectivity index (χ4n) is 3.76. The molecule has 0 aliphatic carbocycles. The maximum Gasteiger partial charge on any atom is 0.173 e. The molecule has 0 aliphatic rings. The van der Waals surface area contributed by atoms with Crippen LogP contribution in [0.15, 0.2) is 72.0 Å². The molecule has 4 rings (SSSR count). The minimum absolute atomic E-state index is 0.0739. The first-order valence-corrected chi connectivity index (χ1v) is 12.7. The van der Waals surface area contributed by atoms with Crippen molar-refractivity contribution in [3.8, 4) is 5.69 Å². The summed E-state index contributed by atoms with van der Waals surface area (Å²) in [5.41, 5.74) is 9.22. The van der Waals surface area contributed by atoms with Crippen LogP contribution in [0.4, 0.5) is 4.39 Å². The zero-order valence-corrected chi connectivity index (χ0v) is 22.0. The molecule has 3 aromatic carbocycles. The first-order chi connectivity index (χ1) is 16.6. The normalized spacial score (nSPS) is 11.6. The zero-order chi connectivity index (χ0) is 25.3. The van der Waals surface area contributed by atoms with E-state index < -0.39 is 5.41 Å². The number of hydrogen-bond donors (Lipinski definition) is 2. The summed E-state index contributed by atoms with van der Waals surface area (Å²) >= 11 is 20.3. The summed E-state index contributed by atoms with van der Waals surface area (Å²) in [4.78, 5) is 4.72. The van der Waals surface area contributed by atoms with Crippen LogP contribution >= 0.6 is 46.6 Å². The highest BCUT2D eigenvalue weighted by Crippen LogP contribution is 2.38. The maximum absolute atomic E-state index is 13.7. The van der Waals surface area contributed by atoms with Gasteiger partial charge in [0.2, 0.25) is 0 Å². The van der Waals surface area contributed by atoms with Gasteiger partial charge in [0.25, 0.3) is 0 Å². The van der Waals surface area contributed by atoms with Crippen molar-refractivity contribution in [2.75, 3.05) is 0 Å². The number of hydrogen-bond acceptors (Lipinski definition) is 3. The quantitative estimate of drug-likeness (QED) is 0.140. The molecule has 0 bridgehead atoms. The summed E-state index contributed by atoms with van der Waals surface area (Å²) in [6, 6.07) is 17.3. The number of benzene rings is 3. The van der Waals surface area contributed by atoms with Crippen LogP contribution in [0, 0.1) is 11.2 Å². The molecule has 1 aromatic heterocycles. The number of thioether (sulfide) groups is 1. The van der Waals surface area contributed by atoms with Gasteiger partial charge in [-0.2, -0.15) is 0 Å². The number of aromatic nitrogens is 2. The first-order valence-electron chi connectivity index (χ1n) is 10.6. The average molecular weight is 548 g/mol. The van der Waals surface area contributed by atoms with Crippen LogP contribution in [0.2, 0.25) is 15.1 Å². The lowest BCUT2D eigenvalue weighted by atomic mass is 9.81. The summed E-state index contributed by atoms with van der Waals surface area (Å²) in [5, 5.41) is 9.75. The Bertz CT molecular complexity index is 1400. The van der Waals surface area contributed by atoms with Gasteiger partial charge < -0.3 is 5.73 Å². The van der Waals surface area contributed by atoms with Crippen molar-refractivity contribution in [3.05, 3.63) is 110 Å². The van der Waals surface area contributed by atoms with E-state index in [4.69, 9.17) is 50.9 Å². The molecule has 9 heteroatoms. The van der Waals surface area contributed by atoms with Crippen LogP contribution in [0.1, 0.15) is 36.2 Å². The molecule has 4 nitrogen and oxygen atoms in total. The molecule has 3 N–H and O–H groups in total. The van der Waals surface area contributed by atoms with E-state index in [0.29, 0.717) is 26.4 Å². The summed E-state index contributed by atoms with van der Waals surface area (Å²) in [6.07, 6.45) is 1.83. The van der Waals surface area contributed by atoms with Crippen molar-refractivity contribution >= 4 is 52.4 Å². The van der Waals surface area contributed by atoms with E-state index in [0.717, 1.165) is 27.7 Å². The molecule has 35 heavy (non-hydrogen) atoms. The third-order valence-electron chi connectivity index (χ3n) is 5.79. The van der Waals surface area contributed by atoms with Gasteiger partial charge in [0, 0.05) is 22.4 Å². The van der Waals surface area contributed by atoms with E-state index in [2.05, 4.69) is 13.8 Å². The van der Waals surface area contributed by atoms with Crippen LogP contribution in [0.5, 0.6) is 0 Å². The smallest absolute Gasteiger partial charge is 0.173 e. The highest BCUT2D eigenvalue weighted by Gasteiger charge is 2.30. The Kier molecular flexibility index (Phi) is 7.48. The van der Waals surface area contributed by atoms with Crippen molar-refractivity contribution < 1.29 is 4.39 Å². The second-order valence-corrected chi connectivity index (χ2v) is 10.7. The van der Waals surface area contributed by atoms with E-state index in [1.54, 1.807) is 30.3 Å². The Labute approximate surface area is 222 Å². The minimum atomic E-state index is -0.485. The average Bonchev–Trinajstić information content (AvgIpc) is 3.24. The molecule has 0 aliphatic heterocycles. The summed E-state index contributed by atoms with van der Waals surface area (Å²) in [5.74, 6) is 0.201. The van der Waals surface area contributed by atoms with Crippen LogP contribution in [-0.4, -0.2) is 15.4 Å². The Morgan fingerprint density at radius 3 is 2.34 bits per heavy atom. The van der Waals surface area contributed by atoms with Crippen molar-refractivity contribution in [3.63, 3.8) is 0 Å². The lowest BCUT2D eigenvalue weighted by Crippen LogP contribution is -2.23. The SMILES string of the molecule is CC(C)(c1ccc(Cl)c(Cl)c1)c1cnc(SCc2ccc(C(=N)N)c(Cl)c2)n1-c1ccc(F)cc1. The highest BCUT2D eigenvalue weighted by molar-refractivity contribution is 7.98. The number of imidazole rings is 1. The predicted molar refractivity (Wildman–Crippen MR) is 144 cm³/mol. The topological polar surface area (TPSA) is 67.7 Å². The van der Waals surface area contributed by atoms with Gasteiger partial charge in [0.15, 0.2) is 5.16 Å². The van der Waals surface area contributed by atoms with E-state index in [1.807, 2.05) is 29.0 Å². The second-order valence-electron chi connectivity index (χ2n) is 8.51. The number of rotatable bonds is 7. The number of nitrogens with zero attached hydrogens (tertiary/aromatic N) is 2. The van der Waals surface area contributed by atoms with E-state index in [-0.39, 0.29) is 11.7 Å². The Morgan fingerprint density at radius 2 is 1.71 bits per heavy atom. The molecule has 0 saturated heterocycles. The number of halogens is 4. The Balaban J connectivity index is 1.74. The monoisotopic (exact) mass is 546 g/mol. The standard InChI is InChI=1S/C26H22Cl3FN4S/c1-26(2,16-4-10-20(27)22(29)12-16)23-13-33-25(34(23)18-7-5-17(30)6-8-18)35-14-15-3-9-19(24(31)32)21(28)11-15/h3-13H,14H2,1-2H3,(H3,31,32). The van der Waals surface area contributed by atoms with Gasteiger partial charge in [-0.15, -0.1) is 0 Å². The molecule has 1 heterocycles. The number of nitrogen functional groups attached to an aromatic ring is 1. The molecular formula is C26H22Cl3FN4S. The van der Waals surface area contributed by atoms with Crippen LogP contribution < -0.4 is 5.73 Å². The van der Waals surface area contributed by atoms with Crippen LogP contribution in [0.3, 0.4) is 0 Å². The first kappa shape index (κ1) is 25.6. The molecule has 0 unspecified atom stereocenters.